The Morgan fingerprint density at radius 3 is 2.52 bits per heavy atom. The molecule has 0 radical (unpaired) electrons. The summed E-state index contributed by atoms with van der Waals surface area (Å²) in [5.74, 6) is 0. The van der Waals surface area contributed by atoms with Gasteiger partial charge in [-0.25, -0.2) is 13.1 Å². The van der Waals surface area contributed by atoms with Gasteiger partial charge in [0.1, 0.15) is 0 Å². The largest absolute Gasteiger partial charge is 0.310 e. The number of hydrogen-bond acceptors (Lipinski definition) is 3. The third-order valence-corrected chi connectivity index (χ3v) is 6.27. The van der Waals surface area contributed by atoms with E-state index in [0.29, 0.717) is 10.9 Å². The van der Waals surface area contributed by atoms with Crippen molar-refractivity contribution >= 4 is 10.0 Å². The van der Waals surface area contributed by atoms with Crippen LogP contribution >= 0.6 is 0 Å². The van der Waals surface area contributed by atoms with E-state index in [1.807, 2.05) is 19.1 Å². The summed E-state index contributed by atoms with van der Waals surface area (Å²) in [6.07, 6.45) is 3.37. The lowest BCUT2D eigenvalue weighted by molar-refractivity contribution is 0.554. The van der Waals surface area contributed by atoms with Crippen molar-refractivity contribution in [1.82, 2.24) is 10.0 Å². The number of nitrogens with one attached hydrogen (secondary N) is 2. The molecule has 4 nitrogen and oxygen atoms in total. The third-order valence-electron chi connectivity index (χ3n) is 4.66. The highest BCUT2D eigenvalue weighted by Crippen LogP contribution is 2.45. The van der Waals surface area contributed by atoms with Crippen molar-refractivity contribution in [2.75, 3.05) is 0 Å². The lowest BCUT2D eigenvalue weighted by Gasteiger charge is -2.14. The molecule has 2 aliphatic carbocycles. The number of rotatable bonds is 6. The monoisotopic (exact) mass is 308 g/mol. The number of sulfonamides is 1. The van der Waals surface area contributed by atoms with Gasteiger partial charge >= 0.3 is 0 Å². The first-order valence-corrected chi connectivity index (χ1v) is 9.12. The van der Waals surface area contributed by atoms with Gasteiger partial charge in [0.05, 0.1) is 4.90 Å². The van der Waals surface area contributed by atoms with Gasteiger partial charge in [-0.1, -0.05) is 26.0 Å². The normalized spacial score (nSPS) is 24.0. The van der Waals surface area contributed by atoms with Crippen molar-refractivity contribution < 1.29 is 8.42 Å². The zero-order valence-electron chi connectivity index (χ0n) is 12.9. The highest BCUT2D eigenvalue weighted by Gasteiger charge is 2.48. The summed E-state index contributed by atoms with van der Waals surface area (Å²) in [6, 6.07) is 6.23. The Bertz CT molecular complexity index is 648. The molecule has 0 bridgehead atoms. The molecular formula is C16H24N2O2S. The van der Waals surface area contributed by atoms with Gasteiger partial charge in [0, 0.05) is 18.6 Å². The van der Waals surface area contributed by atoms with Crippen LogP contribution in [0.25, 0.3) is 0 Å². The lowest BCUT2D eigenvalue weighted by atomic mass is 10.1. The minimum atomic E-state index is -3.42. The van der Waals surface area contributed by atoms with E-state index in [4.69, 9.17) is 0 Å². The molecule has 2 saturated carbocycles. The molecule has 1 aromatic carbocycles. The Morgan fingerprint density at radius 1 is 1.29 bits per heavy atom. The van der Waals surface area contributed by atoms with Gasteiger partial charge in [0.25, 0.3) is 0 Å². The van der Waals surface area contributed by atoms with Crippen LogP contribution in [0.3, 0.4) is 0 Å². The first-order valence-electron chi connectivity index (χ1n) is 7.64. The van der Waals surface area contributed by atoms with Gasteiger partial charge in [-0.3, -0.25) is 0 Å². The summed E-state index contributed by atoms with van der Waals surface area (Å²) in [5, 5.41) is 3.44. The van der Waals surface area contributed by atoms with Gasteiger partial charge in [-0.15, -0.1) is 0 Å². The van der Waals surface area contributed by atoms with Crippen LogP contribution in [0.15, 0.2) is 23.1 Å². The molecule has 2 aliphatic rings. The van der Waals surface area contributed by atoms with Gasteiger partial charge in [0.2, 0.25) is 10.0 Å². The zero-order valence-corrected chi connectivity index (χ0v) is 13.8. The quantitative estimate of drug-likeness (QED) is 0.848. The fourth-order valence-electron chi connectivity index (χ4n) is 2.60. The average molecular weight is 308 g/mol. The fraction of sp³-hybridized carbons (Fsp3) is 0.625. The molecule has 3 rings (SSSR count). The Balaban J connectivity index is 1.78. The first-order chi connectivity index (χ1) is 9.79. The molecule has 116 valence electrons. The molecular weight excluding hydrogens is 284 g/mol. The van der Waals surface area contributed by atoms with Crippen LogP contribution in [0.5, 0.6) is 0 Å². The molecule has 2 fully saturated rings. The molecule has 2 N–H and O–H groups in total. The average Bonchev–Trinajstić information content (AvgIpc) is 3.28. The van der Waals surface area contributed by atoms with E-state index in [1.165, 1.54) is 12.8 Å². The van der Waals surface area contributed by atoms with Crippen molar-refractivity contribution in [3.63, 3.8) is 0 Å². The van der Waals surface area contributed by atoms with E-state index in [9.17, 15) is 8.42 Å². The van der Waals surface area contributed by atoms with Crippen molar-refractivity contribution in [2.24, 2.45) is 5.41 Å². The maximum absolute atomic E-state index is 12.6. The summed E-state index contributed by atoms with van der Waals surface area (Å²) in [6.45, 7) is 6.82. The van der Waals surface area contributed by atoms with Crippen LogP contribution in [0.4, 0.5) is 0 Å². The van der Waals surface area contributed by atoms with E-state index in [1.54, 1.807) is 6.07 Å². The van der Waals surface area contributed by atoms with Crippen LogP contribution in [0, 0.1) is 12.3 Å². The van der Waals surface area contributed by atoms with Crippen LogP contribution in [0.1, 0.15) is 44.2 Å². The maximum atomic E-state index is 12.6. The Morgan fingerprint density at radius 2 is 1.95 bits per heavy atom. The van der Waals surface area contributed by atoms with Crippen LogP contribution < -0.4 is 10.0 Å². The third kappa shape index (κ3) is 3.30. The molecule has 0 saturated heterocycles. The predicted molar refractivity (Wildman–Crippen MR) is 83.5 cm³/mol. The summed E-state index contributed by atoms with van der Waals surface area (Å²) >= 11 is 0. The molecule has 0 heterocycles. The van der Waals surface area contributed by atoms with Gasteiger partial charge in [-0.05, 0) is 48.8 Å². The smallest absolute Gasteiger partial charge is 0.241 e. The van der Waals surface area contributed by atoms with Crippen LogP contribution in [-0.4, -0.2) is 20.5 Å². The standard InChI is InChI=1S/C16H24N2O2S/c1-11-12(10-17-13-7-8-13)5-4-6-14(11)21(19,20)18-15-9-16(15,2)3/h4-6,13,15,17-18H,7-10H2,1-3H3. The SMILES string of the molecule is Cc1c(CNC2CC2)cccc1S(=O)(=O)NC1CC1(C)C. The van der Waals surface area contributed by atoms with Crippen molar-refractivity contribution in [1.29, 1.82) is 0 Å². The minimum Gasteiger partial charge on any atom is -0.310 e. The van der Waals surface area contributed by atoms with E-state index in [-0.39, 0.29) is 11.5 Å². The van der Waals surface area contributed by atoms with E-state index >= 15 is 0 Å². The van der Waals surface area contributed by atoms with Crippen LogP contribution in [0.2, 0.25) is 0 Å². The highest BCUT2D eigenvalue weighted by atomic mass is 32.2. The van der Waals surface area contributed by atoms with Gasteiger partial charge < -0.3 is 5.32 Å². The lowest BCUT2D eigenvalue weighted by Crippen LogP contribution is -2.29. The second kappa shape index (κ2) is 5.07. The predicted octanol–water partition coefficient (Wildman–Crippen LogP) is 2.32. The molecule has 1 aromatic rings. The maximum Gasteiger partial charge on any atom is 0.241 e. The topological polar surface area (TPSA) is 58.2 Å². The number of hydrogen-bond donors (Lipinski definition) is 2. The summed E-state index contributed by atoms with van der Waals surface area (Å²) in [7, 11) is -3.42. The van der Waals surface area contributed by atoms with Crippen molar-refractivity contribution in [3.05, 3.63) is 29.3 Å². The van der Waals surface area contributed by atoms with E-state index in [2.05, 4.69) is 23.9 Å². The fourth-order valence-corrected chi connectivity index (χ4v) is 4.30. The molecule has 0 amide bonds. The van der Waals surface area contributed by atoms with Crippen molar-refractivity contribution in [3.8, 4) is 0 Å². The number of benzene rings is 1. The molecule has 0 aliphatic heterocycles. The molecule has 0 spiro atoms. The van der Waals surface area contributed by atoms with E-state index < -0.39 is 10.0 Å². The summed E-state index contributed by atoms with van der Waals surface area (Å²) < 4.78 is 28.0. The Labute approximate surface area is 127 Å². The van der Waals surface area contributed by atoms with Gasteiger partial charge in [-0.2, -0.15) is 0 Å². The first kappa shape index (κ1) is 15.0. The second-order valence-corrected chi connectivity index (χ2v) is 8.74. The second-order valence-electron chi connectivity index (χ2n) is 7.06. The summed E-state index contributed by atoms with van der Waals surface area (Å²) in [5.41, 5.74) is 2.02. The van der Waals surface area contributed by atoms with Crippen molar-refractivity contribution in [2.45, 2.75) is 63.6 Å². The summed E-state index contributed by atoms with van der Waals surface area (Å²) in [4.78, 5) is 0.417. The zero-order chi connectivity index (χ0) is 15.3. The highest BCUT2D eigenvalue weighted by molar-refractivity contribution is 7.89. The van der Waals surface area contributed by atoms with E-state index in [0.717, 1.165) is 24.1 Å². The van der Waals surface area contributed by atoms with Crippen LogP contribution in [-0.2, 0) is 16.6 Å². The van der Waals surface area contributed by atoms with Gasteiger partial charge in [0.15, 0.2) is 0 Å². The molecule has 0 aromatic heterocycles. The molecule has 1 unspecified atom stereocenters. The minimum absolute atomic E-state index is 0.0649. The molecule has 5 heteroatoms. The Kier molecular flexibility index (Phi) is 3.62. The Hall–Kier alpha value is -0.910. The molecule has 1 atom stereocenters. The molecule has 21 heavy (non-hydrogen) atoms.